The molecule has 1 aliphatic carbocycles. The highest BCUT2D eigenvalue weighted by Gasteiger charge is 2.43. The van der Waals surface area contributed by atoms with Crippen LogP contribution in [0.1, 0.15) is 38.2 Å². The molecule has 78 valence electrons. The largest absolute Gasteiger partial charge is 0.257 e. The van der Waals surface area contributed by atoms with E-state index >= 15 is 0 Å². The summed E-state index contributed by atoms with van der Waals surface area (Å²) in [7, 11) is 0. The number of hydrogen-bond donors (Lipinski definition) is 0. The minimum atomic E-state index is 0.291. The first-order chi connectivity index (χ1) is 7.22. The smallest absolute Gasteiger partial charge is 0.0671 e. The van der Waals surface area contributed by atoms with E-state index in [0.29, 0.717) is 5.41 Å². The molecule has 1 aromatic rings. The van der Waals surface area contributed by atoms with Crippen molar-refractivity contribution in [2.75, 3.05) is 0 Å². The molecule has 3 rings (SSSR count). The minimum absolute atomic E-state index is 0.291. The lowest BCUT2D eigenvalue weighted by Crippen LogP contribution is -2.27. The Kier molecular flexibility index (Phi) is 2.03. The second-order valence-electron chi connectivity index (χ2n) is 4.65. The molecule has 0 unspecified atom stereocenters. The maximum atomic E-state index is 4.72. The van der Waals surface area contributed by atoms with E-state index in [1.165, 1.54) is 47.1 Å². The van der Waals surface area contributed by atoms with Gasteiger partial charge in [0.15, 0.2) is 0 Å². The van der Waals surface area contributed by atoms with Gasteiger partial charge in [0, 0.05) is 15.6 Å². The third-order valence-corrected chi connectivity index (χ3v) is 4.41. The van der Waals surface area contributed by atoms with E-state index < -0.39 is 0 Å². The first-order valence-electron chi connectivity index (χ1n) is 5.58. The van der Waals surface area contributed by atoms with Gasteiger partial charge in [-0.15, -0.1) is 0 Å². The molecule has 1 aliphatic heterocycles. The molecule has 1 spiro atoms. The molecule has 2 heteroatoms. The number of rotatable bonds is 0. The quantitative estimate of drug-likeness (QED) is 0.660. The summed E-state index contributed by atoms with van der Waals surface area (Å²) in [4.78, 5) is 4.72. The molecule has 0 atom stereocenters. The lowest BCUT2D eigenvalue weighted by molar-refractivity contribution is 0.609. The van der Waals surface area contributed by atoms with Crippen molar-refractivity contribution in [1.29, 1.82) is 0 Å². The van der Waals surface area contributed by atoms with Gasteiger partial charge in [-0.1, -0.05) is 28.8 Å². The van der Waals surface area contributed by atoms with E-state index in [2.05, 4.69) is 41.1 Å². The third-order valence-electron chi connectivity index (χ3n) is 3.91. The van der Waals surface area contributed by atoms with Crippen molar-refractivity contribution in [1.82, 2.24) is 0 Å². The Hall–Kier alpha value is -0.630. The number of nitrogens with zero attached hydrogens (tertiary/aromatic N) is 1. The Morgan fingerprint density at radius 1 is 1.27 bits per heavy atom. The molecular weight excluding hydrogens is 250 g/mol. The maximum Gasteiger partial charge on any atom is 0.0671 e. The summed E-state index contributed by atoms with van der Waals surface area (Å²) < 4.78 is 1.18. The average Bonchev–Trinajstić information content (AvgIpc) is 2.78. The van der Waals surface area contributed by atoms with Crippen LogP contribution in [-0.4, -0.2) is 5.71 Å². The summed E-state index contributed by atoms with van der Waals surface area (Å²) in [6.45, 7) is 2.19. The van der Waals surface area contributed by atoms with Crippen molar-refractivity contribution >= 4 is 27.3 Å². The van der Waals surface area contributed by atoms with Crippen LogP contribution in [0, 0.1) is 0 Å². The predicted octanol–water partition coefficient (Wildman–Crippen LogP) is 4.37. The van der Waals surface area contributed by atoms with Gasteiger partial charge in [0.05, 0.1) is 5.69 Å². The monoisotopic (exact) mass is 263 g/mol. The molecule has 0 bridgehead atoms. The van der Waals surface area contributed by atoms with Gasteiger partial charge in [0.1, 0.15) is 0 Å². The molecular formula is C13H14BrN. The highest BCUT2D eigenvalue weighted by molar-refractivity contribution is 9.10. The molecule has 1 heterocycles. The zero-order chi connectivity index (χ0) is 10.5. The molecule has 0 amide bonds. The van der Waals surface area contributed by atoms with Crippen molar-refractivity contribution in [3.05, 3.63) is 28.2 Å². The van der Waals surface area contributed by atoms with Gasteiger partial charge in [0.2, 0.25) is 0 Å². The van der Waals surface area contributed by atoms with Crippen LogP contribution in [0.5, 0.6) is 0 Å². The van der Waals surface area contributed by atoms with Crippen LogP contribution in [0.15, 0.2) is 27.7 Å². The van der Waals surface area contributed by atoms with E-state index in [-0.39, 0.29) is 0 Å². The second-order valence-corrected chi connectivity index (χ2v) is 5.56. The first kappa shape index (κ1) is 9.59. The Bertz CT molecular complexity index is 442. The molecule has 0 radical (unpaired) electrons. The maximum absolute atomic E-state index is 4.72. The lowest BCUT2D eigenvalue weighted by Gasteiger charge is -2.25. The Morgan fingerprint density at radius 3 is 2.73 bits per heavy atom. The summed E-state index contributed by atoms with van der Waals surface area (Å²) in [6, 6.07) is 6.49. The lowest BCUT2D eigenvalue weighted by atomic mass is 9.77. The van der Waals surface area contributed by atoms with Crippen molar-refractivity contribution < 1.29 is 0 Å². The SMILES string of the molecule is CC1=Nc2ccc(Br)cc2C12CCCC2. The number of aliphatic imine (C=N–C) groups is 1. The van der Waals surface area contributed by atoms with Gasteiger partial charge in [-0.2, -0.15) is 0 Å². The third kappa shape index (κ3) is 1.24. The van der Waals surface area contributed by atoms with Crippen molar-refractivity contribution in [2.24, 2.45) is 4.99 Å². The highest BCUT2D eigenvalue weighted by Crippen LogP contribution is 2.50. The van der Waals surface area contributed by atoms with Gasteiger partial charge in [-0.05, 0) is 43.5 Å². The molecule has 1 nitrogen and oxygen atoms in total. The van der Waals surface area contributed by atoms with Crippen molar-refractivity contribution in [3.8, 4) is 0 Å². The average molecular weight is 264 g/mol. The number of halogens is 1. The summed E-state index contributed by atoms with van der Waals surface area (Å²) in [5.74, 6) is 0. The molecule has 1 saturated carbocycles. The fraction of sp³-hybridized carbons (Fsp3) is 0.462. The van der Waals surface area contributed by atoms with Crippen LogP contribution in [0.4, 0.5) is 5.69 Å². The topological polar surface area (TPSA) is 12.4 Å². The van der Waals surface area contributed by atoms with E-state index in [9.17, 15) is 0 Å². The van der Waals surface area contributed by atoms with E-state index in [4.69, 9.17) is 4.99 Å². The van der Waals surface area contributed by atoms with Gasteiger partial charge in [-0.25, -0.2) is 0 Å². The van der Waals surface area contributed by atoms with Crippen LogP contribution in [0.2, 0.25) is 0 Å². The molecule has 2 aliphatic rings. The molecule has 0 aromatic heterocycles. The van der Waals surface area contributed by atoms with E-state index in [0.717, 1.165) is 0 Å². The minimum Gasteiger partial charge on any atom is -0.257 e. The van der Waals surface area contributed by atoms with Crippen LogP contribution >= 0.6 is 15.9 Å². The van der Waals surface area contributed by atoms with Crippen LogP contribution in [0.3, 0.4) is 0 Å². The molecule has 1 aromatic carbocycles. The summed E-state index contributed by atoms with van der Waals surface area (Å²) in [5, 5.41) is 0. The Morgan fingerprint density at radius 2 is 2.00 bits per heavy atom. The van der Waals surface area contributed by atoms with Crippen LogP contribution in [0.25, 0.3) is 0 Å². The zero-order valence-electron chi connectivity index (χ0n) is 8.89. The molecule has 0 saturated heterocycles. The number of hydrogen-bond acceptors (Lipinski definition) is 1. The summed E-state index contributed by atoms with van der Waals surface area (Å²) in [6.07, 6.45) is 5.26. The highest BCUT2D eigenvalue weighted by atomic mass is 79.9. The number of benzene rings is 1. The fourth-order valence-corrected chi connectivity index (χ4v) is 3.44. The summed E-state index contributed by atoms with van der Waals surface area (Å²) in [5.41, 5.74) is 4.26. The first-order valence-corrected chi connectivity index (χ1v) is 6.37. The van der Waals surface area contributed by atoms with Crippen molar-refractivity contribution in [2.45, 2.75) is 38.0 Å². The predicted molar refractivity (Wildman–Crippen MR) is 67.1 cm³/mol. The normalized spacial score (nSPS) is 21.9. The zero-order valence-corrected chi connectivity index (χ0v) is 10.5. The Labute approximate surface area is 98.7 Å². The van der Waals surface area contributed by atoms with Crippen LogP contribution in [-0.2, 0) is 5.41 Å². The van der Waals surface area contributed by atoms with E-state index in [1.54, 1.807) is 0 Å². The van der Waals surface area contributed by atoms with Crippen LogP contribution < -0.4 is 0 Å². The second kappa shape index (κ2) is 3.18. The van der Waals surface area contributed by atoms with Gasteiger partial charge in [-0.3, -0.25) is 4.99 Å². The standard InChI is InChI=1S/C13H14BrN/c1-9-13(6-2-3-7-13)11-8-10(14)4-5-12(11)15-9/h4-5,8H,2-3,6-7H2,1H3. The Balaban J connectivity index is 2.20. The molecule has 0 N–H and O–H groups in total. The molecule has 1 fully saturated rings. The van der Waals surface area contributed by atoms with E-state index in [1.807, 2.05) is 0 Å². The fourth-order valence-electron chi connectivity index (χ4n) is 3.08. The van der Waals surface area contributed by atoms with Gasteiger partial charge in [0.25, 0.3) is 0 Å². The van der Waals surface area contributed by atoms with Gasteiger partial charge >= 0.3 is 0 Å². The summed E-state index contributed by atoms with van der Waals surface area (Å²) >= 11 is 3.56. The molecule has 15 heavy (non-hydrogen) atoms. The van der Waals surface area contributed by atoms with Crippen molar-refractivity contribution in [3.63, 3.8) is 0 Å². The van der Waals surface area contributed by atoms with Gasteiger partial charge < -0.3 is 0 Å². The number of fused-ring (bicyclic) bond motifs is 2.